The molecule has 0 saturated carbocycles. The zero-order chi connectivity index (χ0) is 21.4. The second kappa shape index (κ2) is 8.01. The van der Waals surface area contributed by atoms with E-state index in [9.17, 15) is 8.78 Å². The average molecular weight is 455 g/mol. The summed E-state index contributed by atoms with van der Waals surface area (Å²) in [5.74, 6) is -0.683. The minimum absolute atomic E-state index is 0.310. The molecule has 0 atom stereocenters. The SMILES string of the molecule is Cc1c(N)cc(F)cc1B1OC(C)(C)C(C)(C)O1.Cc1c(N)cc(F)cc1Br. The number of halogens is 3. The van der Waals surface area contributed by atoms with Crippen molar-refractivity contribution in [3.05, 3.63) is 51.5 Å². The van der Waals surface area contributed by atoms with E-state index >= 15 is 0 Å². The number of hydrogen-bond acceptors (Lipinski definition) is 4. The number of nitrogens with two attached hydrogens (primary N) is 2. The Labute approximate surface area is 173 Å². The Hall–Kier alpha value is -1.64. The molecule has 1 heterocycles. The summed E-state index contributed by atoms with van der Waals surface area (Å²) >= 11 is 3.18. The smallest absolute Gasteiger partial charge is 0.399 e. The van der Waals surface area contributed by atoms with Crippen LogP contribution in [0.5, 0.6) is 0 Å². The first-order valence-electron chi connectivity index (χ1n) is 8.87. The average Bonchev–Trinajstić information content (AvgIpc) is 2.77. The van der Waals surface area contributed by atoms with E-state index in [1.54, 1.807) is 0 Å². The lowest BCUT2D eigenvalue weighted by Crippen LogP contribution is -2.41. The van der Waals surface area contributed by atoms with Gasteiger partial charge in [0.1, 0.15) is 11.6 Å². The van der Waals surface area contributed by atoms with Gasteiger partial charge >= 0.3 is 7.12 Å². The van der Waals surface area contributed by atoms with Crippen molar-refractivity contribution in [2.45, 2.75) is 52.7 Å². The first kappa shape index (κ1) is 22.7. The summed E-state index contributed by atoms with van der Waals surface area (Å²) in [7, 11) is -0.576. The van der Waals surface area contributed by atoms with E-state index in [-0.39, 0.29) is 11.6 Å². The summed E-state index contributed by atoms with van der Waals surface area (Å²) in [6.07, 6.45) is 0. The third-order valence-corrected chi connectivity index (χ3v) is 6.13. The van der Waals surface area contributed by atoms with Gasteiger partial charge in [-0.2, -0.15) is 0 Å². The van der Waals surface area contributed by atoms with Gasteiger partial charge in [-0.05, 0) is 82.4 Å². The van der Waals surface area contributed by atoms with Gasteiger partial charge in [-0.25, -0.2) is 8.78 Å². The molecule has 3 rings (SSSR count). The van der Waals surface area contributed by atoms with Gasteiger partial charge in [0.25, 0.3) is 0 Å². The quantitative estimate of drug-likeness (QED) is 0.491. The molecule has 4 nitrogen and oxygen atoms in total. The van der Waals surface area contributed by atoms with Gasteiger partial charge in [-0.1, -0.05) is 15.9 Å². The van der Waals surface area contributed by atoms with Crippen molar-refractivity contribution in [3.63, 3.8) is 0 Å². The van der Waals surface area contributed by atoms with Crippen molar-refractivity contribution in [2.24, 2.45) is 0 Å². The molecule has 0 radical (unpaired) electrons. The molecule has 0 aliphatic carbocycles. The summed E-state index contributed by atoms with van der Waals surface area (Å²) in [5.41, 5.74) is 13.6. The van der Waals surface area contributed by atoms with E-state index in [4.69, 9.17) is 20.8 Å². The number of benzene rings is 2. The Bertz CT molecular complexity index is 852. The number of anilines is 2. The number of nitrogen functional groups attached to an aromatic ring is 2. The highest BCUT2D eigenvalue weighted by atomic mass is 79.9. The molecule has 1 saturated heterocycles. The molecule has 2 aromatic carbocycles. The zero-order valence-corrected chi connectivity index (χ0v) is 18.6. The van der Waals surface area contributed by atoms with Crippen molar-refractivity contribution in [2.75, 3.05) is 11.5 Å². The van der Waals surface area contributed by atoms with Crippen LogP contribution in [0.1, 0.15) is 38.8 Å². The second-order valence-electron chi connectivity index (χ2n) is 7.90. The molecule has 2 aromatic rings. The van der Waals surface area contributed by atoms with Crippen LogP contribution in [0, 0.1) is 25.5 Å². The molecule has 28 heavy (non-hydrogen) atoms. The van der Waals surface area contributed by atoms with E-state index in [1.807, 2.05) is 41.5 Å². The van der Waals surface area contributed by atoms with Gasteiger partial charge in [0, 0.05) is 15.8 Å². The van der Waals surface area contributed by atoms with Crippen LogP contribution < -0.4 is 16.9 Å². The summed E-state index contributed by atoms with van der Waals surface area (Å²) in [6.45, 7) is 11.5. The van der Waals surface area contributed by atoms with Crippen LogP contribution in [0.15, 0.2) is 28.7 Å². The summed E-state index contributed by atoms with van der Waals surface area (Å²) in [4.78, 5) is 0. The number of rotatable bonds is 1. The Balaban J connectivity index is 0.000000237. The van der Waals surface area contributed by atoms with Crippen molar-refractivity contribution in [3.8, 4) is 0 Å². The summed E-state index contributed by atoms with van der Waals surface area (Å²) in [5, 5.41) is 0. The third-order valence-electron chi connectivity index (χ3n) is 5.31. The van der Waals surface area contributed by atoms with Crippen molar-refractivity contribution < 1.29 is 18.1 Å². The van der Waals surface area contributed by atoms with Crippen LogP contribution in [0.2, 0.25) is 0 Å². The minimum atomic E-state index is -0.576. The lowest BCUT2D eigenvalue weighted by molar-refractivity contribution is 0.00578. The van der Waals surface area contributed by atoms with Gasteiger partial charge in [0.15, 0.2) is 0 Å². The first-order valence-corrected chi connectivity index (χ1v) is 9.67. The van der Waals surface area contributed by atoms with Crippen molar-refractivity contribution in [1.29, 1.82) is 0 Å². The maximum atomic E-state index is 13.5. The monoisotopic (exact) mass is 454 g/mol. The van der Waals surface area contributed by atoms with Crippen LogP contribution in [-0.4, -0.2) is 18.3 Å². The fourth-order valence-corrected chi connectivity index (χ4v) is 3.05. The molecule has 8 heteroatoms. The molecule has 0 unspecified atom stereocenters. The zero-order valence-electron chi connectivity index (χ0n) is 17.0. The molecule has 0 bridgehead atoms. The molecule has 1 fully saturated rings. The van der Waals surface area contributed by atoms with E-state index in [1.165, 1.54) is 24.3 Å². The molecule has 0 spiro atoms. The standard InChI is InChI=1S/C13H19BFNO2.C7H7BrFN/c1-8-10(6-9(15)7-11(8)16)14-17-12(2,3)13(4,5)18-14;1-4-6(8)2-5(9)3-7(4)10/h6-7H,16H2,1-5H3;2-3H,10H2,1H3. The van der Waals surface area contributed by atoms with Crippen LogP contribution >= 0.6 is 15.9 Å². The number of hydrogen-bond donors (Lipinski definition) is 2. The predicted octanol–water partition coefficient (Wildman–Crippen LogP) is 4.49. The normalized spacial score (nSPS) is 17.2. The van der Waals surface area contributed by atoms with Crippen LogP contribution in [0.3, 0.4) is 0 Å². The Morgan fingerprint density at radius 3 is 1.71 bits per heavy atom. The fourth-order valence-electron chi connectivity index (χ4n) is 2.60. The Morgan fingerprint density at radius 2 is 1.25 bits per heavy atom. The van der Waals surface area contributed by atoms with Gasteiger partial charge in [0.2, 0.25) is 0 Å². The molecule has 0 amide bonds. The lowest BCUT2D eigenvalue weighted by Gasteiger charge is -2.32. The van der Waals surface area contributed by atoms with Crippen LogP contribution in [0.4, 0.5) is 20.2 Å². The van der Waals surface area contributed by atoms with E-state index < -0.39 is 18.3 Å². The topological polar surface area (TPSA) is 70.5 Å². The van der Waals surface area contributed by atoms with E-state index in [2.05, 4.69) is 15.9 Å². The Kier molecular flexibility index (Phi) is 6.48. The second-order valence-corrected chi connectivity index (χ2v) is 8.75. The highest BCUT2D eigenvalue weighted by Crippen LogP contribution is 2.37. The van der Waals surface area contributed by atoms with Gasteiger partial charge in [-0.3, -0.25) is 0 Å². The minimum Gasteiger partial charge on any atom is -0.399 e. The maximum Gasteiger partial charge on any atom is 0.495 e. The van der Waals surface area contributed by atoms with Gasteiger partial charge < -0.3 is 20.8 Å². The molecule has 1 aliphatic heterocycles. The predicted molar refractivity (Wildman–Crippen MR) is 115 cm³/mol. The first-order chi connectivity index (χ1) is 12.7. The third kappa shape index (κ3) is 4.67. The van der Waals surface area contributed by atoms with E-state index in [0.29, 0.717) is 21.3 Å². The van der Waals surface area contributed by atoms with Crippen molar-refractivity contribution in [1.82, 2.24) is 0 Å². The van der Waals surface area contributed by atoms with E-state index in [0.717, 1.165) is 11.1 Å². The lowest BCUT2D eigenvalue weighted by atomic mass is 9.76. The van der Waals surface area contributed by atoms with Gasteiger partial charge in [-0.15, -0.1) is 0 Å². The maximum absolute atomic E-state index is 13.5. The van der Waals surface area contributed by atoms with Gasteiger partial charge in [0.05, 0.1) is 11.2 Å². The molecular formula is C20H26BBrF2N2O2. The molecule has 1 aliphatic rings. The highest BCUT2D eigenvalue weighted by molar-refractivity contribution is 9.10. The molecule has 152 valence electrons. The molecular weight excluding hydrogens is 429 g/mol. The largest absolute Gasteiger partial charge is 0.495 e. The molecule has 0 aromatic heterocycles. The molecule has 4 N–H and O–H groups in total. The van der Waals surface area contributed by atoms with Crippen LogP contribution in [-0.2, 0) is 9.31 Å². The summed E-state index contributed by atoms with van der Waals surface area (Å²) in [6, 6.07) is 5.43. The van der Waals surface area contributed by atoms with Crippen LogP contribution in [0.25, 0.3) is 0 Å². The highest BCUT2D eigenvalue weighted by Gasteiger charge is 2.52. The fraction of sp³-hybridized carbons (Fsp3) is 0.400. The van der Waals surface area contributed by atoms with Crippen molar-refractivity contribution >= 4 is 39.9 Å². The summed E-state index contributed by atoms with van der Waals surface area (Å²) < 4.78 is 38.5. The Morgan fingerprint density at radius 1 is 0.821 bits per heavy atom.